The molecule has 0 atom stereocenters. The summed E-state index contributed by atoms with van der Waals surface area (Å²) in [6.45, 7) is 3.99. The van der Waals surface area contributed by atoms with Crippen molar-refractivity contribution in [2.24, 2.45) is 7.05 Å². The lowest BCUT2D eigenvalue weighted by Gasteiger charge is -2.08. The number of benzene rings is 1. The predicted molar refractivity (Wildman–Crippen MR) is 71.1 cm³/mol. The van der Waals surface area contributed by atoms with Gasteiger partial charge in [0.2, 0.25) is 0 Å². The lowest BCUT2D eigenvalue weighted by atomic mass is 10.2. The van der Waals surface area contributed by atoms with Crippen LogP contribution in [0.2, 0.25) is 0 Å². The Balaban J connectivity index is 2.14. The molecule has 0 fully saturated rings. The van der Waals surface area contributed by atoms with Gasteiger partial charge < -0.3 is 4.74 Å². The molecule has 96 valence electrons. The molecule has 0 amide bonds. The van der Waals surface area contributed by atoms with Gasteiger partial charge in [-0.2, -0.15) is 5.10 Å². The van der Waals surface area contributed by atoms with Crippen LogP contribution in [0.3, 0.4) is 0 Å². The first-order valence-corrected chi connectivity index (χ1v) is 6.35. The number of nitrogens with zero attached hydrogens (tertiary/aromatic N) is 2. The fourth-order valence-corrected chi connectivity index (χ4v) is 2.10. The molecule has 0 unspecified atom stereocenters. The van der Waals surface area contributed by atoms with Crippen molar-refractivity contribution >= 4 is 15.9 Å². The summed E-state index contributed by atoms with van der Waals surface area (Å²) in [6.07, 6.45) is 0. The van der Waals surface area contributed by atoms with Crippen LogP contribution in [-0.4, -0.2) is 9.78 Å². The molecule has 2 aromatic rings. The first kappa shape index (κ1) is 13.1. The molecule has 1 aromatic heterocycles. The Morgan fingerprint density at radius 1 is 1.39 bits per heavy atom. The minimum Gasteiger partial charge on any atom is -0.487 e. The van der Waals surface area contributed by atoms with Gasteiger partial charge in [-0.15, -0.1) is 0 Å². The number of ether oxygens (including phenoxy) is 1. The van der Waals surface area contributed by atoms with Crippen LogP contribution in [-0.2, 0) is 13.7 Å². The van der Waals surface area contributed by atoms with Gasteiger partial charge in [0.1, 0.15) is 18.2 Å². The van der Waals surface area contributed by atoms with Gasteiger partial charge in [-0.3, -0.25) is 4.68 Å². The maximum atomic E-state index is 13.4. The Morgan fingerprint density at radius 2 is 2.11 bits per heavy atom. The standard InChI is InChI=1S/C13H14BrFN2O/c1-8-4-5-10(6-11(8)15)18-7-12-13(14)9(2)16-17(12)3/h4-6H,7H2,1-3H3. The molecule has 1 aromatic carbocycles. The molecule has 3 nitrogen and oxygen atoms in total. The minimum atomic E-state index is -0.257. The largest absolute Gasteiger partial charge is 0.487 e. The highest BCUT2D eigenvalue weighted by atomic mass is 79.9. The van der Waals surface area contributed by atoms with Gasteiger partial charge in [-0.25, -0.2) is 4.39 Å². The van der Waals surface area contributed by atoms with E-state index in [1.807, 2.05) is 14.0 Å². The van der Waals surface area contributed by atoms with Crippen molar-refractivity contribution in [2.45, 2.75) is 20.5 Å². The highest BCUT2D eigenvalue weighted by Gasteiger charge is 2.11. The molecular formula is C13H14BrFN2O. The molecule has 5 heteroatoms. The second-order valence-corrected chi connectivity index (χ2v) is 4.96. The van der Waals surface area contributed by atoms with Crippen molar-refractivity contribution in [2.75, 3.05) is 0 Å². The maximum Gasteiger partial charge on any atom is 0.131 e. The van der Waals surface area contributed by atoms with Gasteiger partial charge >= 0.3 is 0 Å². The van der Waals surface area contributed by atoms with Crippen LogP contribution in [0, 0.1) is 19.7 Å². The Labute approximate surface area is 114 Å². The highest BCUT2D eigenvalue weighted by Crippen LogP contribution is 2.23. The van der Waals surface area contributed by atoms with Crippen LogP contribution in [0.5, 0.6) is 5.75 Å². The summed E-state index contributed by atoms with van der Waals surface area (Å²) in [6, 6.07) is 4.86. The van der Waals surface area contributed by atoms with E-state index < -0.39 is 0 Å². The Kier molecular flexibility index (Phi) is 3.71. The fraction of sp³-hybridized carbons (Fsp3) is 0.308. The third kappa shape index (κ3) is 2.56. The van der Waals surface area contributed by atoms with Crippen LogP contribution in [0.25, 0.3) is 0 Å². The van der Waals surface area contributed by atoms with E-state index in [4.69, 9.17) is 4.74 Å². The summed E-state index contributed by atoms with van der Waals surface area (Å²) >= 11 is 3.46. The third-order valence-electron chi connectivity index (χ3n) is 2.78. The van der Waals surface area contributed by atoms with Gasteiger partial charge in [-0.05, 0) is 41.4 Å². The molecule has 0 aliphatic carbocycles. The number of aromatic nitrogens is 2. The topological polar surface area (TPSA) is 27.1 Å². The second kappa shape index (κ2) is 5.10. The van der Waals surface area contributed by atoms with Crippen LogP contribution >= 0.6 is 15.9 Å². The Hall–Kier alpha value is -1.36. The molecule has 0 bridgehead atoms. The predicted octanol–water partition coefficient (Wildman–Crippen LogP) is 3.52. The molecular weight excluding hydrogens is 299 g/mol. The quantitative estimate of drug-likeness (QED) is 0.867. The van der Waals surface area contributed by atoms with Crippen molar-refractivity contribution in [3.63, 3.8) is 0 Å². The van der Waals surface area contributed by atoms with Crippen molar-refractivity contribution in [1.82, 2.24) is 9.78 Å². The van der Waals surface area contributed by atoms with Crippen molar-refractivity contribution < 1.29 is 9.13 Å². The summed E-state index contributed by atoms with van der Waals surface area (Å²) in [5.74, 6) is 0.261. The van der Waals surface area contributed by atoms with Crippen molar-refractivity contribution in [3.8, 4) is 5.75 Å². The van der Waals surface area contributed by atoms with Crippen molar-refractivity contribution in [1.29, 1.82) is 0 Å². The van der Waals surface area contributed by atoms with Gasteiger partial charge in [0.25, 0.3) is 0 Å². The van der Waals surface area contributed by atoms with Gasteiger partial charge in [-0.1, -0.05) is 6.07 Å². The molecule has 0 N–H and O–H groups in total. The number of rotatable bonds is 3. The van der Waals surface area contributed by atoms with Gasteiger partial charge in [0.05, 0.1) is 15.9 Å². The van der Waals surface area contributed by atoms with Crippen molar-refractivity contribution in [3.05, 3.63) is 45.4 Å². The minimum absolute atomic E-state index is 0.257. The number of aryl methyl sites for hydroxylation is 3. The summed E-state index contributed by atoms with van der Waals surface area (Å²) in [5.41, 5.74) is 2.44. The summed E-state index contributed by atoms with van der Waals surface area (Å²) in [7, 11) is 1.85. The molecule has 18 heavy (non-hydrogen) atoms. The average molecular weight is 313 g/mol. The number of hydrogen-bond donors (Lipinski definition) is 0. The zero-order valence-electron chi connectivity index (χ0n) is 10.5. The molecule has 0 spiro atoms. The number of halogens is 2. The van der Waals surface area contributed by atoms with E-state index in [1.165, 1.54) is 6.07 Å². The van der Waals surface area contributed by atoms with E-state index in [1.54, 1.807) is 23.7 Å². The molecule has 1 heterocycles. The zero-order chi connectivity index (χ0) is 13.3. The van der Waals surface area contributed by atoms with Crippen LogP contribution in [0.4, 0.5) is 4.39 Å². The lowest BCUT2D eigenvalue weighted by Crippen LogP contribution is -2.04. The fourth-order valence-electron chi connectivity index (χ4n) is 1.65. The Bertz CT molecular complexity index is 581. The van der Waals surface area contributed by atoms with E-state index in [9.17, 15) is 4.39 Å². The summed E-state index contributed by atoms with van der Waals surface area (Å²) in [5, 5.41) is 4.27. The van der Waals surface area contributed by atoms with Gasteiger partial charge in [0, 0.05) is 13.1 Å². The van der Waals surface area contributed by atoms with E-state index in [0.717, 1.165) is 15.9 Å². The summed E-state index contributed by atoms with van der Waals surface area (Å²) < 4.78 is 21.6. The van der Waals surface area contributed by atoms with E-state index in [0.29, 0.717) is 17.9 Å². The number of hydrogen-bond acceptors (Lipinski definition) is 2. The maximum absolute atomic E-state index is 13.4. The zero-order valence-corrected chi connectivity index (χ0v) is 12.1. The summed E-state index contributed by atoms with van der Waals surface area (Å²) in [4.78, 5) is 0. The average Bonchev–Trinajstić information content (AvgIpc) is 2.56. The Morgan fingerprint density at radius 3 is 2.67 bits per heavy atom. The van der Waals surface area contributed by atoms with Gasteiger partial charge in [0.15, 0.2) is 0 Å². The van der Waals surface area contributed by atoms with Crippen LogP contribution in [0.15, 0.2) is 22.7 Å². The molecule has 0 radical (unpaired) electrons. The SMILES string of the molecule is Cc1ccc(OCc2c(Br)c(C)nn2C)cc1F. The van der Waals surface area contributed by atoms with Crippen LogP contribution in [0.1, 0.15) is 17.0 Å². The molecule has 0 aliphatic rings. The molecule has 2 rings (SSSR count). The molecule has 0 saturated heterocycles. The van der Waals surface area contributed by atoms with E-state index >= 15 is 0 Å². The third-order valence-corrected chi connectivity index (χ3v) is 3.81. The molecule has 0 aliphatic heterocycles. The highest BCUT2D eigenvalue weighted by molar-refractivity contribution is 9.10. The molecule has 0 saturated carbocycles. The van der Waals surface area contributed by atoms with Crippen LogP contribution < -0.4 is 4.74 Å². The first-order chi connectivity index (χ1) is 8.49. The van der Waals surface area contributed by atoms with E-state index in [2.05, 4.69) is 21.0 Å². The van der Waals surface area contributed by atoms with E-state index in [-0.39, 0.29) is 5.82 Å². The smallest absolute Gasteiger partial charge is 0.131 e. The normalized spacial score (nSPS) is 10.7. The first-order valence-electron chi connectivity index (χ1n) is 5.56. The monoisotopic (exact) mass is 312 g/mol. The lowest BCUT2D eigenvalue weighted by molar-refractivity contribution is 0.292. The second-order valence-electron chi connectivity index (χ2n) is 4.17.